The van der Waals surface area contributed by atoms with Crippen LogP contribution < -0.4 is 16.5 Å². The molecule has 0 saturated heterocycles. The van der Waals surface area contributed by atoms with Crippen molar-refractivity contribution >= 4 is 29.2 Å². The molecule has 0 saturated carbocycles. The largest absolute Gasteiger partial charge is 0.346 e. The van der Waals surface area contributed by atoms with Gasteiger partial charge in [0.2, 0.25) is 0 Å². The molecule has 3 N–H and O–H groups in total. The Morgan fingerprint density at radius 1 is 1.35 bits per heavy atom. The number of hydrogen-bond acceptors (Lipinski definition) is 5. The highest BCUT2D eigenvalue weighted by atomic mass is 35.5. The summed E-state index contributed by atoms with van der Waals surface area (Å²) >= 11 is 7.39. The summed E-state index contributed by atoms with van der Waals surface area (Å²) in [7, 11) is 0. The van der Waals surface area contributed by atoms with Crippen molar-refractivity contribution in [3.05, 3.63) is 63.1 Å². The van der Waals surface area contributed by atoms with Crippen molar-refractivity contribution in [3.8, 4) is 0 Å². The second-order valence-corrected chi connectivity index (χ2v) is 5.29. The number of anilines is 1. The standard InChI is InChI=1S/C13H13ClN4OS/c1-9(8-20-11-4-2-10(14)3-5-11)17-18-12-6-7-15-13(19)16-12/h2-8,17H,1H3,(H2,15,16,18,19)/b9-8-. The third-order valence-corrected chi connectivity index (χ3v) is 3.52. The van der Waals surface area contributed by atoms with Crippen molar-refractivity contribution in [3.63, 3.8) is 0 Å². The second kappa shape index (κ2) is 7.02. The Bertz CT molecular complexity index is 654. The molecular weight excluding hydrogens is 296 g/mol. The van der Waals surface area contributed by atoms with Gasteiger partial charge < -0.3 is 5.43 Å². The molecule has 0 aliphatic heterocycles. The molecule has 2 rings (SSSR count). The molecule has 0 unspecified atom stereocenters. The van der Waals surface area contributed by atoms with Crippen molar-refractivity contribution in [2.24, 2.45) is 0 Å². The van der Waals surface area contributed by atoms with Crippen molar-refractivity contribution in [2.45, 2.75) is 11.8 Å². The van der Waals surface area contributed by atoms with E-state index in [1.165, 1.54) is 6.20 Å². The predicted octanol–water partition coefficient (Wildman–Crippen LogP) is 2.99. The molecule has 0 spiro atoms. The Kier molecular flexibility index (Phi) is 5.09. The molecule has 0 amide bonds. The molecule has 1 aromatic carbocycles. The average molecular weight is 309 g/mol. The molecule has 0 aliphatic carbocycles. The fraction of sp³-hybridized carbons (Fsp3) is 0.0769. The summed E-state index contributed by atoms with van der Waals surface area (Å²) in [5, 5.41) is 2.67. The summed E-state index contributed by atoms with van der Waals surface area (Å²) in [6, 6.07) is 9.25. The first-order chi connectivity index (χ1) is 9.63. The number of benzene rings is 1. The number of halogens is 1. The number of nitrogens with zero attached hydrogens (tertiary/aromatic N) is 1. The number of hydrazine groups is 1. The van der Waals surface area contributed by atoms with Crippen molar-refractivity contribution in [1.29, 1.82) is 0 Å². The molecule has 0 radical (unpaired) electrons. The van der Waals surface area contributed by atoms with Crippen LogP contribution in [0.1, 0.15) is 6.92 Å². The van der Waals surface area contributed by atoms with Gasteiger partial charge in [0.1, 0.15) is 5.82 Å². The van der Waals surface area contributed by atoms with Gasteiger partial charge in [-0.15, -0.1) is 0 Å². The van der Waals surface area contributed by atoms with Crippen LogP contribution in [0, 0.1) is 0 Å². The monoisotopic (exact) mass is 308 g/mol. The first kappa shape index (κ1) is 14.5. The molecule has 2 aromatic rings. The maximum absolute atomic E-state index is 11.0. The number of rotatable bonds is 5. The summed E-state index contributed by atoms with van der Waals surface area (Å²) in [6.45, 7) is 1.91. The van der Waals surface area contributed by atoms with E-state index in [1.54, 1.807) is 17.8 Å². The van der Waals surface area contributed by atoms with E-state index in [2.05, 4.69) is 20.8 Å². The Morgan fingerprint density at radius 3 is 2.80 bits per heavy atom. The van der Waals surface area contributed by atoms with Crippen LogP contribution >= 0.6 is 23.4 Å². The Morgan fingerprint density at radius 2 is 2.10 bits per heavy atom. The topological polar surface area (TPSA) is 69.8 Å². The van der Waals surface area contributed by atoms with E-state index in [0.29, 0.717) is 5.82 Å². The van der Waals surface area contributed by atoms with E-state index < -0.39 is 5.69 Å². The van der Waals surface area contributed by atoms with Crippen LogP contribution in [0.5, 0.6) is 0 Å². The molecule has 0 atom stereocenters. The van der Waals surface area contributed by atoms with E-state index in [9.17, 15) is 4.79 Å². The SMILES string of the molecule is C/C(=C/Sc1ccc(Cl)cc1)NNc1ccnc(=O)[nH]1. The van der Waals surface area contributed by atoms with Crippen molar-refractivity contribution < 1.29 is 0 Å². The number of nitrogens with one attached hydrogen (secondary N) is 3. The molecule has 20 heavy (non-hydrogen) atoms. The van der Waals surface area contributed by atoms with Gasteiger partial charge in [0.25, 0.3) is 0 Å². The van der Waals surface area contributed by atoms with Gasteiger partial charge in [-0.3, -0.25) is 10.4 Å². The predicted molar refractivity (Wildman–Crippen MR) is 82.7 cm³/mol. The van der Waals surface area contributed by atoms with Crippen LogP contribution in [-0.2, 0) is 0 Å². The highest BCUT2D eigenvalue weighted by Gasteiger charge is 1.94. The minimum Gasteiger partial charge on any atom is -0.304 e. The summed E-state index contributed by atoms with van der Waals surface area (Å²) < 4.78 is 0. The second-order valence-electron chi connectivity index (χ2n) is 3.91. The highest BCUT2D eigenvalue weighted by molar-refractivity contribution is 8.02. The molecule has 1 aromatic heterocycles. The summed E-state index contributed by atoms with van der Waals surface area (Å²) in [5.41, 5.74) is 6.37. The number of aromatic amines is 1. The first-order valence-electron chi connectivity index (χ1n) is 5.80. The molecule has 0 bridgehead atoms. The lowest BCUT2D eigenvalue weighted by Gasteiger charge is -2.09. The van der Waals surface area contributed by atoms with Crippen LogP contribution in [-0.4, -0.2) is 9.97 Å². The molecule has 0 aliphatic rings. The van der Waals surface area contributed by atoms with Crippen LogP contribution in [0.25, 0.3) is 0 Å². The van der Waals surface area contributed by atoms with Crippen LogP contribution in [0.3, 0.4) is 0 Å². The lowest BCUT2D eigenvalue weighted by Crippen LogP contribution is -2.22. The van der Waals surface area contributed by atoms with Gasteiger partial charge in [-0.05, 0) is 42.7 Å². The van der Waals surface area contributed by atoms with Gasteiger partial charge in [-0.25, -0.2) is 9.78 Å². The number of H-pyrrole nitrogens is 1. The van der Waals surface area contributed by atoms with Gasteiger partial charge in [0.15, 0.2) is 0 Å². The lowest BCUT2D eigenvalue weighted by atomic mass is 10.4. The van der Waals surface area contributed by atoms with E-state index in [4.69, 9.17) is 11.6 Å². The van der Waals surface area contributed by atoms with Crippen molar-refractivity contribution in [2.75, 3.05) is 5.43 Å². The molecule has 5 nitrogen and oxygen atoms in total. The zero-order valence-electron chi connectivity index (χ0n) is 10.7. The zero-order valence-corrected chi connectivity index (χ0v) is 12.3. The minimum atomic E-state index is -0.394. The van der Waals surface area contributed by atoms with E-state index >= 15 is 0 Å². The van der Waals surface area contributed by atoms with Gasteiger partial charge in [-0.1, -0.05) is 23.4 Å². The maximum Gasteiger partial charge on any atom is 0.346 e. The maximum atomic E-state index is 11.0. The number of hydrogen-bond donors (Lipinski definition) is 3. The smallest absolute Gasteiger partial charge is 0.304 e. The van der Waals surface area contributed by atoms with Crippen LogP contribution in [0.4, 0.5) is 5.82 Å². The third kappa shape index (κ3) is 4.64. The fourth-order valence-corrected chi connectivity index (χ4v) is 2.10. The Labute approximate surface area is 125 Å². The van der Waals surface area contributed by atoms with Gasteiger partial charge in [-0.2, -0.15) is 0 Å². The number of thioether (sulfide) groups is 1. The zero-order chi connectivity index (χ0) is 14.4. The lowest BCUT2D eigenvalue weighted by molar-refractivity contribution is 0.934. The normalized spacial score (nSPS) is 11.2. The molecule has 104 valence electrons. The van der Waals surface area contributed by atoms with E-state index in [1.807, 2.05) is 36.6 Å². The van der Waals surface area contributed by atoms with Crippen LogP contribution in [0.2, 0.25) is 5.02 Å². The number of allylic oxidation sites excluding steroid dienone is 1. The van der Waals surface area contributed by atoms with E-state index in [0.717, 1.165) is 15.6 Å². The first-order valence-corrected chi connectivity index (χ1v) is 7.05. The quantitative estimate of drug-likeness (QED) is 0.585. The minimum absolute atomic E-state index is 0.394. The van der Waals surface area contributed by atoms with Gasteiger partial charge in [0.05, 0.1) is 0 Å². The van der Waals surface area contributed by atoms with Gasteiger partial charge in [0, 0.05) is 21.8 Å². The fourth-order valence-electron chi connectivity index (χ4n) is 1.31. The Hall–Kier alpha value is -1.92. The van der Waals surface area contributed by atoms with Gasteiger partial charge >= 0.3 is 5.69 Å². The average Bonchev–Trinajstić information content (AvgIpc) is 2.45. The summed E-state index contributed by atoms with van der Waals surface area (Å²) in [6.07, 6.45) is 1.43. The Balaban J connectivity index is 1.88. The highest BCUT2D eigenvalue weighted by Crippen LogP contribution is 2.21. The number of aromatic nitrogens is 2. The van der Waals surface area contributed by atoms with E-state index in [-0.39, 0.29) is 0 Å². The molecule has 7 heteroatoms. The molecular formula is C13H13ClN4OS. The summed E-state index contributed by atoms with van der Waals surface area (Å²) in [4.78, 5) is 18.2. The van der Waals surface area contributed by atoms with Crippen molar-refractivity contribution in [1.82, 2.24) is 15.4 Å². The molecule has 0 fully saturated rings. The third-order valence-electron chi connectivity index (χ3n) is 2.25. The molecule has 1 heterocycles. The van der Waals surface area contributed by atoms with Crippen LogP contribution in [0.15, 0.2) is 57.3 Å². The summed E-state index contributed by atoms with van der Waals surface area (Å²) in [5.74, 6) is 0.550.